The first-order valence-corrected chi connectivity index (χ1v) is 7.04. The number of nitrogens with zero attached hydrogens (tertiary/aromatic N) is 2. The van der Waals surface area contributed by atoms with Crippen LogP contribution in [0.3, 0.4) is 0 Å². The third kappa shape index (κ3) is 2.07. The molecule has 3 rings (SSSR count). The molecule has 0 amide bonds. The maximum absolute atomic E-state index is 13.5. The van der Waals surface area contributed by atoms with Gasteiger partial charge in [-0.1, -0.05) is 17.7 Å². The third-order valence-corrected chi connectivity index (χ3v) is 3.99. The van der Waals surface area contributed by atoms with Crippen LogP contribution in [-0.2, 0) is 0 Å². The fraction of sp³-hybridized carbons (Fsp3) is 0.0714. The second-order valence-electron chi connectivity index (χ2n) is 4.52. The number of anilines is 1. The molecule has 0 spiro atoms. The van der Waals surface area contributed by atoms with Crippen LogP contribution in [0.4, 0.5) is 10.3 Å². The minimum Gasteiger partial charge on any atom is -0.369 e. The van der Waals surface area contributed by atoms with Crippen LogP contribution in [0.5, 0.6) is 0 Å². The van der Waals surface area contributed by atoms with Crippen molar-refractivity contribution in [1.29, 1.82) is 0 Å². The molecule has 0 unspecified atom stereocenters. The Hall–Kier alpha value is -1.59. The van der Waals surface area contributed by atoms with Gasteiger partial charge in [0.25, 0.3) is 0 Å². The monoisotopic (exact) mass is 353 g/mol. The van der Waals surface area contributed by atoms with Gasteiger partial charge in [0.05, 0.1) is 21.7 Å². The van der Waals surface area contributed by atoms with Crippen molar-refractivity contribution >= 4 is 44.5 Å². The van der Waals surface area contributed by atoms with E-state index < -0.39 is 5.82 Å². The molecule has 0 atom stereocenters. The molecule has 1 heterocycles. The Bertz CT molecular complexity index is 829. The minimum absolute atomic E-state index is 0.0434. The number of benzene rings is 2. The standard InChI is InChI=1S/C14H10BrClFN3/c1-7-2-3-12(8(15)4-7)20-13-5-9(16)10(17)6-11(13)19-14(20)18/h2-6H,1H3,(H2,18,19). The van der Waals surface area contributed by atoms with Crippen LogP contribution in [-0.4, -0.2) is 9.55 Å². The van der Waals surface area contributed by atoms with Gasteiger partial charge in [-0.25, -0.2) is 9.37 Å². The molecule has 3 aromatic rings. The highest BCUT2D eigenvalue weighted by Crippen LogP contribution is 2.31. The summed E-state index contributed by atoms with van der Waals surface area (Å²) >= 11 is 9.36. The van der Waals surface area contributed by atoms with Crippen LogP contribution in [0, 0.1) is 12.7 Å². The number of imidazole rings is 1. The number of hydrogen-bond acceptors (Lipinski definition) is 2. The van der Waals surface area contributed by atoms with Gasteiger partial charge in [0.1, 0.15) is 5.82 Å². The summed E-state index contributed by atoms with van der Waals surface area (Å²) in [6.07, 6.45) is 0. The zero-order valence-corrected chi connectivity index (χ0v) is 12.8. The third-order valence-electron chi connectivity index (χ3n) is 3.07. The zero-order valence-electron chi connectivity index (χ0n) is 10.5. The normalized spacial score (nSPS) is 11.2. The molecule has 0 aliphatic heterocycles. The van der Waals surface area contributed by atoms with Gasteiger partial charge in [-0.05, 0) is 46.6 Å². The summed E-state index contributed by atoms with van der Waals surface area (Å²) in [7, 11) is 0. The number of nitrogens with two attached hydrogens (primary N) is 1. The van der Waals surface area contributed by atoms with E-state index in [9.17, 15) is 4.39 Å². The van der Waals surface area contributed by atoms with E-state index in [4.69, 9.17) is 17.3 Å². The Morgan fingerprint density at radius 2 is 2.05 bits per heavy atom. The number of rotatable bonds is 1. The van der Waals surface area contributed by atoms with Crippen LogP contribution in [0.2, 0.25) is 5.02 Å². The second-order valence-corrected chi connectivity index (χ2v) is 5.78. The predicted molar refractivity (Wildman–Crippen MR) is 82.9 cm³/mol. The van der Waals surface area contributed by atoms with Crippen molar-refractivity contribution in [2.75, 3.05) is 5.73 Å². The molecule has 3 nitrogen and oxygen atoms in total. The van der Waals surface area contributed by atoms with E-state index >= 15 is 0 Å². The average molecular weight is 355 g/mol. The lowest BCUT2D eigenvalue weighted by Gasteiger charge is -2.10. The largest absolute Gasteiger partial charge is 0.369 e. The van der Waals surface area contributed by atoms with Crippen LogP contribution >= 0.6 is 27.5 Å². The molecule has 0 bridgehead atoms. The van der Waals surface area contributed by atoms with Gasteiger partial charge in [-0.15, -0.1) is 0 Å². The Kier molecular flexibility index (Phi) is 3.18. The van der Waals surface area contributed by atoms with E-state index in [2.05, 4.69) is 20.9 Å². The molecule has 2 N–H and O–H groups in total. The summed E-state index contributed by atoms with van der Waals surface area (Å²) in [5.74, 6) is -0.224. The van der Waals surface area contributed by atoms with E-state index in [1.54, 1.807) is 4.57 Å². The first-order valence-electron chi connectivity index (χ1n) is 5.87. The smallest absolute Gasteiger partial charge is 0.205 e. The van der Waals surface area contributed by atoms with E-state index in [0.717, 1.165) is 15.7 Å². The first-order chi connectivity index (χ1) is 9.47. The number of aromatic nitrogens is 2. The van der Waals surface area contributed by atoms with E-state index in [-0.39, 0.29) is 11.0 Å². The van der Waals surface area contributed by atoms with Crippen molar-refractivity contribution in [2.24, 2.45) is 0 Å². The second kappa shape index (κ2) is 4.75. The van der Waals surface area contributed by atoms with Gasteiger partial charge in [-0.3, -0.25) is 4.57 Å². The van der Waals surface area contributed by atoms with Gasteiger partial charge < -0.3 is 5.73 Å². The molecule has 0 aliphatic rings. The van der Waals surface area contributed by atoms with Crippen molar-refractivity contribution in [3.8, 4) is 5.69 Å². The molecule has 0 saturated carbocycles. The summed E-state index contributed by atoms with van der Waals surface area (Å²) in [6.45, 7) is 2.00. The van der Waals surface area contributed by atoms with Crippen molar-refractivity contribution in [1.82, 2.24) is 9.55 Å². The van der Waals surface area contributed by atoms with Gasteiger partial charge in [0.2, 0.25) is 5.95 Å². The van der Waals surface area contributed by atoms with Crippen LogP contribution in [0.1, 0.15) is 5.56 Å². The first kappa shape index (κ1) is 13.4. The minimum atomic E-state index is -0.508. The number of halogens is 3. The fourth-order valence-corrected chi connectivity index (χ4v) is 2.97. The lowest BCUT2D eigenvalue weighted by Crippen LogP contribution is -2.01. The number of hydrogen-bond donors (Lipinski definition) is 1. The van der Waals surface area contributed by atoms with Gasteiger partial charge >= 0.3 is 0 Å². The maximum atomic E-state index is 13.5. The zero-order chi connectivity index (χ0) is 14.4. The molecular formula is C14H10BrClFN3. The molecule has 0 radical (unpaired) electrons. The Labute approximate surface area is 128 Å². The highest BCUT2D eigenvalue weighted by molar-refractivity contribution is 9.10. The number of aryl methyl sites for hydroxylation is 1. The maximum Gasteiger partial charge on any atom is 0.205 e. The molecule has 0 aliphatic carbocycles. The number of fused-ring (bicyclic) bond motifs is 1. The molecule has 102 valence electrons. The van der Waals surface area contributed by atoms with Crippen molar-refractivity contribution in [3.05, 3.63) is 51.2 Å². The van der Waals surface area contributed by atoms with Crippen LogP contribution in [0.25, 0.3) is 16.7 Å². The van der Waals surface area contributed by atoms with Crippen LogP contribution in [0.15, 0.2) is 34.8 Å². The van der Waals surface area contributed by atoms with Crippen molar-refractivity contribution in [3.63, 3.8) is 0 Å². The van der Waals surface area contributed by atoms with Crippen LogP contribution < -0.4 is 5.73 Å². The average Bonchev–Trinajstić information content (AvgIpc) is 2.66. The molecular weight excluding hydrogens is 345 g/mol. The summed E-state index contributed by atoms with van der Waals surface area (Å²) in [5.41, 5.74) is 9.04. The van der Waals surface area contributed by atoms with E-state index in [1.165, 1.54) is 12.1 Å². The van der Waals surface area contributed by atoms with Crippen molar-refractivity contribution in [2.45, 2.75) is 6.92 Å². The van der Waals surface area contributed by atoms with E-state index in [1.807, 2.05) is 25.1 Å². The quantitative estimate of drug-likeness (QED) is 0.700. The highest BCUT2D eigenvalue weighted by Gasteiger charge is 2.15. The van der Waals surface area contributed by atoms with Crippen molar-refractivity contribution < 1.29 is 4.39 Å². The number of nitrogen functional groups attached to an aromatic ring is 1. The Balaban J connectivity index is 2.35. The predicted octanol–water partition coefficient (Wildman–Crippen LogP) is 4.47. The van der Waals surface area contributed by atoms with Gasteiger partial charge in [0, 0.05) is 10.5 Å². The summed E-state index contributed by atoms with van der Waals surface area (Å²) in [6, 6.07) is 8.69. The molecule has 2 aromatic carbocycles. The molecule has 20 heavy (non-hydrogen) atoms. The lowest BCUT2D eigenvalue weighted by atomic mass is 10.2. The Morgan fingerprint density at radius 1 is 1.30 bits per heavy atom. The summed E-state index contributed by atoms with van der Waals surface area (Å²) in [5, 5.41) is 0.0434. The molecule has 0 fully saturated rings. The fourth-order valence-electron chi connectivity index (χ4n) is 2.14. The topological polar surface area (TPSA) is 43.8 Å². The lowest BCUT2D eigenvalue weighted by molar-refractivity contribution is 0.630. The summed E-state index contributed by atoms with van der Waals surface area (Å²) in [4.78, 5) is 4.18. The molecule has 1 aromatic heterocycles. The van der Waals surface area contributed by atoms with Gasteiger partial charge in [-0.2, -0.15) is 0 Å². The highest BCUT2D eigenvalue weighted by atomic mass is 79.9. The SMILES string of the molecule is Cc1ccc(-n2c(N)nc3cc(F)c(Cl)cc32)c(Br)c1. The summed E-state index contributed by atoms with van der Waals surface area (Å²) < 4.78 is 16.1. The van der Waals surface area contributed by atoms with Gasteiger partial charge in [0.15, 0.2) is 0 Å². The molecule has 0 saturated heterocycles. The van der Waals surface area contributed by atoms with E-state index in [0.29, 0.717) is 11.0 Å². The Morgan fingerprint density at radius 3 is 2.75 bits per heavy atom. The molecule has 6 heteroatoms.